The van der Waals surface area contributed by atoms with Crippen molar-refractivity contribution >= 4 is 32.9 Å². The van der Waals surface area contributed by atoms with Crippen LogP contribution in [0.3, 0.4) is 0 Å². The van der Waals surface area contributed by atoms with E-state index < -0.39 is 0 Å². The Balaban J connectivity index is 0.00000124. The molecule has 0 atom stereocenters. The van der Waals surface area contributed by atoms with Crippen LogP contribution >= 0.6 is 15.9 Å². The third-order valence-corrected chi connectivity index (χ3v) is 5.67. The van der Waals surface area contributed by atoms with Crippen LogP contribution < -0.4 is 0 Å². The molecule has 4 rings (SSSR count). The second kappa shape index (κ2) is 10.4. The maximum absolute atomic E-state index is 3.65. The van der Waals surface area contributed by atoms with Crippen molar-refractivity contribution < 1.29 is 0 Å². The Bertz CT molecular complexity index is 1120. The highest BCUT2D eigenvalue weighted by Gasteiger charge is 2.16. The van der Waals surface area contributed by atoms with E-state index in [1.807, 2.05) is 13.8 Å². The first kappa shape index (κ1) is 22.1. The average Bonchev–Trinajstić information content (AvgIpc) is 3.12. The predicted molar refractivity (Wildman–Crippen MR) is 136 cm³/mol. The van der Waals surface area contributed by atoms with E-state index in [1.54, 1.807) is 0 Å². The lowest BCUT2D eigenvalue weighted by molar-refractivity contribution is 1.06. The van der Waals surface area contributed by atoms with Gasteiger partial charge in [-0.15, -0.1) is 0 Å². The lowest BCUT2D eigenvalue weighted by Gasteiger charge is -2.11. The predicted octanol–water partition coefficient (Wildman–Crippen LogP) is 9.07. The number of hydrogen-bond acceptors (Lipinski definition) is 0. The number of nitrogens with zero attached hydrogens (tertiary/aromatic N) is 1. The van der Waals surface area contributed by atoms with Crippen LogP contribution in [0, 0.1) is 0 Å². The van der Waals surface area contributed by atoms with Gasteiger partial charge in [0, 0.05) is 21.2 Å². The van der Waals surface area contributed by atoms with Gasteiger partial charge in [0.2, 0.25) is 0 Å². The summed E-state index contributed by atoms with van der Waals surface area (Å²) in [6, 6.07) is 26.0. The van der Waals surface area contributed by atoms with Crippen molar-refractivity contribution in [2.75, 3.05) is 0 Å². The summed E-state index contributed by atoms with van der Waals surface area (Å²) in [7, 11) is 0. The number of hydrogen-bond donors (Lipinski definition) is 0. The SMILES string of the molecule is CC.CC/C=C\c1c(CC)c2cc(Br)ccc2n1-c1ccc(-c2ccccc2)cc1. The van der Waals surface area contributed by atoms with Crippen LogP contribution in [0.25, 0.3) is 33.8 Å². The number of benzene rings is 3. The van der Waals surface area contributed by atoms with Crippen LogP contribution in [-0.2, 0) is 6.42 Å². The number of aromatic nitrogens is 1. The maximum Gasteiger partial charge on any atom is 0.0538 e. The van der Waals surface area contributed by atoms with E-state index in [2.05, 4.69) is 119 Å². The van der Waals surface area contributed by atoms with E-state index in [1.165, 1.54) is 39.0 Å². The van der Waals surface area contributed by atoms with E-state index in [0.29, 0.717) is 0 Å². The molecular formula is C28H30BrN. The van der Waals surface area contributed by atoms with E-state index >= 15 is 0 Å². The van der Waals surface area contributed by atoms with Gasteiger partial charge in [0.1, 0.15) is 0 Å². The van der Waals surface area contributed by atoms with E-state index in [-0.39, 0.29) is 0 Å². The quantitative estimate of drug-likeness (QED) is 0.280. The van der Waals surface area contributed by atoms with Crippen LogP contribution in [0.2, 0.25) is 0 Å². The number of rotatable bonds is 5. The highest BCUT2D eigenvalue weighted by Crippen LogP contribution is 2.33. The highest BCUT2D eigenvalue weighted by atomic mass is 79.9. The molecule has 154 valence electrons. The van der Waals surface area contributed by atoms with Gasteiger partial charge in [-0.3, -0.25) is 0 Å². The van der Waals surface area contributed by atoms with Crippen molar-refractivity contribution in [3.8, 4) is 16.8 Å². The molecule has 0 unspecified atom stereocenters. The number of fused-ring (bicyclic) bond motifs is 1. The molecule has 0 spiro atoms. The van der Waals surface area contributed by atoms with E-state index in [4.69, 9.17) is 0 Å². The zero-order valence-electron chi connectivity index (χ0n) is 18.3. The molecule has 0 saturated carbocycles. The molecule has 0 N–H and O–H groups in total. The summed E-state index contributed by atoms with van der Waals surface area (Å²) < 4.78 is 3.51. The largest absolute Gasteiger partial charge is 0.310 e. The summed E-state index contributed by atoms with van der Waals surface area (Å²) in [4.78, 5) is 0. The molecule has 30 heavy (non-hydrogen) atoms. The molecule has 0 aliphatic carbocycles. The summed E-state index contributed by atoms with van der Waals surface area (Å²) in [6.07, 6.45) is 6.56. The minimum Gasteiger partial charge on any atom is -0.310 e. The molecule has 0 amide bonds. The van der Waals surface area contributed by atoms with Gasteiger partial charge >= 0.3 is 0 Å². The standard InChI is InChI=1S/C26H24BrN.C2H6/c1-3-5-11-25-23(4-2)24-18-21(27)14-17-26(24)28(25)22-15-12-20(13-16-22)19-9-7-6-8-10-19;1-2/h5-18H,3-4H2,1-2H3;1-2H3/b11-5-;. The van der Waals surface area contributed by atoms with Crippen molar-refractivity contribution in [3.63, 3.8) is 0 Å². The minimum absolute atomic E-state index is 1.01. The van der Waals surface area contributed by atoms with Crippen molar-refractivity contribution in [3.05, 3.63) is 94.6 Å². The number of halogens is 1. The summed E-state index contributed by atoms with van der Waals surface area (Å²) in [5.74, 6) is 0. The fourth-order valence-electron chi connectivity index (χ4n) is 3.84. The van der Waals surface area contributed by atoms with Crippen molar-refractivity contribution in [2.24, 2.45) is 0 Å². The molecule has 0 fully saturated rings. The molecule has 0 saturated heterocycles. The van der Waals surface area contributed by atoms with Crippen LogP contribution in [0.15, 0.2) is 83.3 Å². The van der Waals surface area contributed by atoms with Gasteiger partial charge < -0.3 is 4.57 Å². The molecule has 1 aromatic heterocycles. The highest BCUT2D eigenvalue weighted by molar-refractivity contribution is 9.10. The molecular weight excluding hydrogens is 430 g/mol. The summed E-state index contributed by atoms with van der Waals surface area (Å²) in [6.45, 7) is 8.42. The van der Waals surface area contributed by atoms with Gasteiger partial charge in [-0.25, -0.2) is 0 Å². The fourth-order valence-corrected chi connectivity index (χ4v) is 4.20. The topological polar surface area (TPSA) is 4.93 Å². The third kappa shape index (κ3) is 4.44. The molecule has 3 aromatic carbocycles. The first-order valence-corrected chi connectivity index (χ1v) is 11.7. The van der Waals surface area contributed by atoms with Gasteiger partial charge in [-0.05, 0) is 65.9 Å². The second-order valence-electron chi connectivity index (χ2n) is 6.94. The first-order valence-electron chi connectivity index (χ1n) is 10.9. The third-order valence-electron chi connectivity index (χ3n) is 5.17. The van der Waals surface area contributed by atoms with Gasteiger partial charge in [0.25, 0.3) is 0 Å². The molecule has 0 bridgehead atoms. The van der Waals surface area contributed by atoms with E-state index in [0.717, 1.165) is 17.3 Å². The number of allylic oxidation sites excluding steroid dienone is 1. The Morgan fingerprint density at radius 3 is 2.13 bits per heavy atom. The lowest BCUT2D eigenvalue weighted by atomic mass is 10.1. The Morgan fingerprint density at radius 1 is 0.833 bits per heavy atom. The molecule has 0 aliphatic rings. The molecule has 1 nitrogen and oxygen atoms in total. The molecule has 0 radical (unpaired) electrons. The number of aryl methyl sites for hydroxylation is 1. The van der Waals surface area contributed by atoms with Crippen molar-refractivity contribution in [1.82, 2.24) is 4.57 Å². The zero-order chi connectivity index (χ0) is 21.5. The van der Waals surface area contributed by atoms with Crippen LogP contribution in [0.5, 0.6) is 0 Å². The van der Waals surface area contributed by atoms with Crippen molar-refractivity contribution in [2.45, 2.75) is 40.5 Å². The smallest absolute Gasteiger partial charge is 0.0538 e. The van der Waals surface area contributed by atoms with Crippen LogP contribution in [-0.4, -0.2) is 4.57 Å². The minimum atomic E-state index is 1.01. The molecule has 0 aliphatic heterocycles. The van der Waals surface area contributed by atoms with E-state index in [9.17, 15) is 0 Å². The molecule has 4 aromatic rings. The second-order valence-corrected chi connectivity index (χ2v) is 7.85. The van der Waals surface area contributed by atoms with Gasteiger partial charge in [-0.2, -0.15) is 0 Å². The summed E-state index contributed by atoms with van der Waals surface area (Å²) in [5.41, 5.74) is 7.62. The lowest BCUT2D eigenvalue weighted by Crippen LogP contribution is -1.97. The Kier molecular flexibility index (Phi) is 7.70. The molecule has 1 heterocycles. The Labute approximate surface area is 189 Å². The maximum atomic E-state index is 3.65. The summed E-state index contributed by atoms with van der Waals surface area (Å²) >= 11 is 3.65. The van der Waals surface area contributed by atoms with Gasteiger partial charge in [0.05, 0.1) is 5.52 Å². The van der Waals surface area contributed by atoms with Crippen molar-refractivity contribution in [1.29, 1.82) is 0 Å². The normalized spacial score (nSPS) is 11.0. The van der Waals surface area contributed by atoms with Crippen LogP contribution in [0.4, 0.5) is 0 Å². The zero-order valence-corrected chi connectivity index (χ0v) is 19.9. The van der Waals surface area contributed by atoms with Gasteiger partial charge in [-0.1, -0.05) is 92.2 Å². The molecule has 2 heteroatoms. The first-order chi connectivity index (χ1) is 14.7. The fraction of sp³-hybridized carbons (Fsp3) is 0.214. The summed E-state index contributed by atoms with van der Waals surface area (Å²) in [5, 5.41) is 1.32. The monoisotopic (exact) mass is 459 g/mol. The average molecular weight is 460 g/mol. The Morgan fingerprint density at radius 2 is 1.50 bits per heavy atom. The van der Waals surface area contributed by atoms with Gasteiger partial charge in [0.15, 0.2) is 0 Å². The Hall–Kier alpha value is -2.58. The van der Waals surface area contributed by atoms with Crippen LogP contribution in [0.1, 0.15) is 45.4 Å².